The fourth-order valence-electron chi connectivity index (χ4n) is 2.36. The van der Waals surface area contributed by atoms with E-state index in [0.717, 1.165) is 24.2 Å². The maximum absolute atomic E-state index is 11.7. The molecule has 0 aliphatic heterocycles. The SMILES string of the molecule is CC(C)(C)OC(=O)CCCc1cccc(OCc2ccccc2)c1. The van der Waals surface area contributed by atoms with Crippen molar-refractivity contribution in [1.29, 1.82) is 0 Å². The van der Waals surface area contributed by atoms with E-state index in [0.29, 0.717) is 13.0 Å². The van der Waals surface area contributed by atoms with Crippen LogP contribution >= 0.6 is 0 Å². The lowest BCUT2D eigenvalue weighted by molar-refractivity contribution is -0.154. The third-order valence-electron chi connectivity index (χ3n) is 3.41. The summed E-state index contributed by atoms with van der Waals surface area (Å²) in [5.74, 6) is 0.715. The van der Waals surface area contributed by atoms with Gasteiger partial charge in [-0.05, 0) is 56.9 Å². The molecule has 3 nitrogen and oxygen atoms in total. The molecular formula is C21H26O3. The Morgan fingerprint density at radius 2 is 1.67 bits per heavy atom. The topological polar surface area (TPSA) is 35.5 Å². The van der Waals surface area contributed by atoms with Crippen LogP contribution in [-0.2, 0) is 22.6 Å². The van der Waals surface area contributed by atoms with E-state index in [1.807, 2.05) is 69.3 Å². The van der Waals surface area contributed by atoms with Crippen LogP contribution in [0.3, 0.4) is 0 Å². The van der Waals surface area contributed by atoms with Gasteiger partial charge in [0.05, 0.1) is 0 Å². The van der Waals surface area contributed by atoms with Crippen LogP contribution in [0.2, 0.25) is 0 Å². The molecule has 0 unspecified atom stereocenters. The van der Waals surface area contributed by atoms with Gasteiger partial charge in [-0.3, -0.25) is 4.79 Å². The van der Waals surface area contributed by atoms with E-state index < -0.39 is 5.60 Å². The Kier molecular flexibility index (Phi) is 6.42. The highest BCUT2D eigenvalue weighted by Crippen LogP contribution is 2.17. The van der Waals surface area contributed by atoms with Crippen LogP contribution in [0.4, 0.5) is 0 Å². The van der Waals surface area contributed by atoms with Gasteiger partial charge in [0.2, 0.25) is 0 Å². The molecule has 0 aliphatic carbocycles. The molecule has 0 radical (unpaired) electrons. The third kappa shape index (κ3) is 6.86. The summed E-state index contributed by atoms with van der Waals surface area (Å²) < 4.78 is 11.2. The molecule has 24 heavy (non-hydrogen) atoms. The van der Waals surface area contributed by atoms with Gasteiger partial charge < -0.3 is 9.47 Å². The summed E-state index contributed by atoms with van der Waals surface area (Å²) >= 11 is 0. The van der Waals surface area contributed by atoms with Crippen molar-refractivity contribution in [2.75, 3.05) is 0 Å². The molecular weight excluding hydrogens is 300 g/mol. The van der Waals surface area contributed by atoms with Gasteiger partial charge in [0.1, 0.15) is 18.0 Å². The first kappa shape index (κ1) is 18.1. The molecule has 2 rings (SSSR count). The predicted octanol–water partition coefficient (Wildman–Crippen LogP) is 4.93. The van der Waals surface area contributed by atoms with Crippen molar-refractivity contribution in [3.8, 4) is 5.75 Å². The van der Waals surface area contributed by atoms with Gasteiger partial charge in [0.15, 0.2) is 0 Å². The Morgan fingerprint density at radius 3 is 2.38 bits per heavy atom. The van der Waals surface area contributed by atoms with Crippen LogP contribution < -0.4 is 4.74 Å². The summed E-state index contributed by atoms with van der Waals surface area (Å²) in [7, 11) is 0. The molecule has 0 spiro atoms. The minimum absolute atomic E-state index is 0.140. The highest BCUT2D eigenvalue weighted by atomic mass is 16.6. The highest BCUT2D eigenvalue weighted by Gasteiger charge is 2.15. The van der Waals surface area contributed by atoms with E-state index in [9.17, 15) is 4.79 Å². The standard InChI is InChI=1S/C21H26O3/c1-21(2,3)24-20(22)14-8-12-17-11-7-13-19(15-17)23-16-18-9-5-4-6-10-18/h4-7,9-11,13,15H,8,12,14,16H2,1-3H3. The number of carbonyl (C=O) groups excluding carboxylic acids is 1. The zero-order valence-electron chi connectivity index (χ0n) is 14.7. The fraction of sp³-hybridized carbons (Fsp3) is 0.381. The number of hydrogen-bond acceptors (Lipinski definition) is 3. The van der Waals surface area contributed by atoms with Crippen LogP contribution in [0.25, 0.3) is 0 Å². The molecule has 0 saturated carbocycles. The molecule has 3 heteroatoms. The van der Waals surface area contributed by atoms with Crippen LogP contribution in [0.15, 0.2) is 54.6 Å². The summed E-state index contributed by atoms with van der Waals surface area (Å²) in [6.07, 6.45) is 2.05. The van der Waals surface area contributed by atoms with Gasteiger partial charge >= 0.3 is 5.97 Å². The molecule has 0 amide bonds. The zero-order valence-corrected chi connectivity index (χ0v) is 14.7. The molecule has 128 valence electrons. The number of rotatable bonds is 7. The van der Waals surface area contributed by atoms with Crippen LogP contribution in [-0.4, -0.2) is 11.6 Å². The second-order valence-corrected chi connectivity index (χ2v) is 6.86. The maximum atomic E-state index is 11.7. The lowest BCUT2D eigenvalue weighted by Gasteiger charge is -2.19. The minimum atomic E-state index is -0.414. The van der Waals surface area contributed by atoms with Crippen LogP contribution in [0.1, 0.15) is 44.7 Å². The molecule has 0 heterocycles. The van der Waals surface area contributed by atoms with Crippen molar-refractivity contribution < 1.29 is 14.3 Å². The predicted molar refractivity (Wildman–Crippen MR) is 96.0 cm³/mol. The van der Waals surface area contributed by atoms with E-state index in [2.05, 4.69) is 6.07 Å². The quantitative estimate of drug-likeness (QED) is 0.677. The Morgan fingerprint density at radius 1 is 0.958 bits per heavy atom. The van der Waals surface area contributed by atoms with Gasteiger partial charge in [0.25, 0.3) is 0 Å². The Bertz CT molecular complexity index is 642. The van der Waals surface area contributed by atoms with Crippen LogP contribution in [0, 0.1) is 0 Å². The summed E-state index contributed by atoms with van der Waals surface area (Å²) in [5.41, 5.74) is 1.90. The maximum Gasteiger partial charge on any atom is 0.306 e. The van der Waals surface area contributed by atoms with E-state index in [4.69, 9.17) is 9.47 Å². The Labute approximate surface area is 144 Å². The molecule has 0 saturated heterocycles. The fourth-order valence-corrected chi connectivity index (χ4v) is 2.36. The van der Waals surface area contributed by atoms with E-state index in [-0.39, 0.29) is 5.97 Å². The number of carbonyl (C=O) groups is 1. The first-order chi connectivity index (χ1) is 11.4. The van der Waals surface area contributed by atoms with Gasteiger partial charge in [-0.15, -0.1) is 0 Å². The summed E-state index contributed by atoms with van der Waals surface area (Å²) in [6.45, 7) is 6.22. The van der Waals surface area contributed by atoms with Crippen molar-refractivity contribution in [3.63, 3.8) is 0 Å². The molecule has 0 aliphatic rings. The summed E-state index contributed by atoms with van der Waals surface area (Å²) in [6, 6.07) is 18.1. The molecule has 0 aromatic heterocycles. The van der Waals surface area contributed by atoms with E-state index >= 15 is 0 Å². The van der Waals surface area contributed by atoms with Crippen molar-refractivity contribution in [2.24, 2.45) is 0 Å². The number of ether oxygens (including phenoxy) is 2. The second-order valence-electron chi connectivity index (χ2n) is 6.86. The number of aryl methyl sites for hydroxylation is 1. The molecule has 2 aromatic rings. The van der Waals surface area contributed by atoms with Crippen LogP contribution in [0.5, 0.6) is 5.75 Å². The van der Waals surface area contributed by atoms with Crippen molar-refractivity contribution in [2.45, 2.75) is 52.2 Å². The monoisotopic (exact) mass is 326 g/mol. The average molecular weight is 326 g/mol. The molecule has 0 bridgehead atoms. The average Bonchev–Trinajstić information content (AvgIpc) is 2.53. The van der Waals surface area contributed by atoms with E-state index in [1.165, 1.54) is 5.56 Å². The van der Waals surface area contributed by atoms with E-state index in [1.54, 1.807) is 0 Å². The lowest BCUT2D eigenvalue weighted by Crippen LogP contribution is -2.23. The number of esters is 1. The molecule has 0 fully saturated rings. The van der Waals surface area contributed by atoms with Crippen molar-refractivity contribution in [1.82, 2.24) is 0 Å². The first-order valence-electron chi connectivity index (χ1n) is 8.40. The minimum Gasteiger partial charge on any atom is -0.489 e. The molecule has 0 N–H and O–H groups in total. The van der Waals surface area contributed by atoms with Gasteiger partial charge in [-0.1, -0.05) is 42.5 Å². The third-order valence-corrected chi connectivity index (χ3v) is 3.41. The van der Waals surface area contributed by atoms with Crippen molar-refractivity contribution in [3.05, 3.63) is 65.7 Å². The smallest absolute Gasteiger partial charge is 0.306 e. The van der Waals surface area contributed by atoms with Gasteiger partial charge in [0, 0.05) is 6.42 Å². The normalized spacial score (nSPS) is 11.1. The summed E-state index contributed by atoms with van der Waals surface area (Å²) in [5, 5.41) is 0. The van der Waals surface area contributed by atoms with Gasteiger partial charge in [-0.25, -0.2) is 0 Å². The Balaban J connectivity index is 1.79. The lowest BCUT2D eigenvalue weighted by atomic mass is 10.1. The Hall–Kier alpha value is -2.29. The zero-order chi connectivity index (χ0) is 17.4. The molecule has 2 aromatic carbocycles. The summed E-state index contributed by atoms with van der Waals surface area (Å²) in [4.78, 5) is 11.7. The molecule has 0 atom stereocenters. The number of benzene rings is 2. The number of hydrogen-bond donors (Lipinski definition) is 0. The largest absolute Gasteiger partial charge is 0.489 e. The second kappa shape index (κ2) is 8.53. The first-order valence-corrected chi connectivity index (χ1v) is 8.40. The van der Waals surface area contributed by atoms with Gasteiger partial charge in [-0.2, -0.15) is 0 Å². The highest BCUT2D eigenvalue weighted by molar-refractivity contribution is 5.69. The van der Waals surface area contributed by atoms with Crippen molar-refractivity contribution >= 4 is 5.97 Å².